The van der Waals surface area contributed by atoms with Gasteiger partial charge in [-0.3, -0.25) is 0 Å². The lowest BCUT2D eigenvalue weighted by atomic mass is 9.53. The van der Waals surface area contributed by atoms with Crippen molar-refractivity contribution in [3.8, 4) is 0 Å². The van der Waals surface area contributed by atoms with Crippen molar-refractivity contribution in [2.24, 2.45) is 17.8 Å². The summed E-state index contributed by atoms with van der Waals surface area (Å²) < 4.78 is 0. The zero-order valence-electron chi connectivity index (χ0n) is 18.7. The van der Waals surface area contributed by atoms with Crippen LogP contribution in [0, 0.1) is 17.8 Å². The summed E-state index contributed by atoms with van der Waals surface area (Å²) in [5.41, 5.74) is 1.20. The first kappa shape index (κ1) is 22.0. The van der Waals surface area contributed by atoms with Gasteiger partial charge >= 0.3 is 6.03 Å². The van der Waals surface area contributed by atoms with Gasteiger partial charge in [-0.2, -0.15) is 0 Å². The van der Waals surface area contributed by atoms with E-state index in [0.29, 0.717) is 6.54 Å². The second-order valence-electron chi connectivity index (χ2n) is 10.1. The second kappa shape index (κ2) is 9.48. The van der Waals surface area contributed by atoms with Crippen LogP contribution in [0.2, 0.25) is 5.02 Å². The summed E-state index contributed by atoms with van der Waals surface area (Å²) in [6.45, 7) is 9.00. The Bertz CT molecular complexity index is 680. The first-order chi connectivity index (χ1) is 14.5. The smallest absolute Gasteiger partial charge is 0.318 e. The van der Waals surface area contributed by atoms with Crippen LogP contribution in [0.5, 0.6) is 0 Å². The fraction of sp³-hybridized carbons (Fsp3) is 0.720. The lowest BCUT2D eigenvalue weighted by Crippen LogP contribution is -2.61. The van der Waals surface area contributed by atoms with E-state index in [-0.39, 0.29) is 11.6 Å². The number of nitrogens with zero attached hydrogens (tertiary/aromatic N) is 2. The van der Waals surface area contributed by atoms with Crippen LogP contribution in [-0.4, -0.2) is 47.5 Å². The van der Waals surface area contributed by atoms with Crippen LogP contribution in [0.4, 0.5) is 4.79 Å². The number of amides is 2. The summed E-state index contributed by atoms with van der Waals surface area (Å²) in [5, 5.41) is 4.31. The normalized spacial score (nSPS) is 29.4. The lowest BCUT2D eigenvalue weighted by molar-refractivity contribution is -0.0158. The van der Waals surface area contributed by atoms with Crippen LogP contribution in [-0.2, 0) is 6.54 Å². The minimum Gasteiger partial charge on any atom is -0.333 e. The number of benzene rings is 1. The molecule has 0 spiro atoms. The minimum absolute atomic E-state index is 0.0585. The third kappa shape index (κ3) is 5.13. The van der Waals surface area contributed by atoms with E-state index >= 15 is 0 Å². The predicted molar refractivity (Wildman–Crippen MR) is 124 cm³/mol. The highest BCUT2D eigenvalue weighted by Crippen LogP contribution is 2.55. The number of nitrogens with one attached hydrogen (secondary N) is 1. The summed E-state index contributed by atoms with van der Waals surface area (Å²) in [6.07, 6.45) is 8.77. The number of carbonyl (C=O) groups is 1. The number of carbonyl (C=O) groups excluding carboxylic acids is 1. The van der Waals surface area contributed by atoms with E-state index in [2.05, 4.69) is 24.1 Å². The van der Waals surface area contributed by atoms with Gasteiger partial charge in [0.1, 0.15) is 0 Å². The largest absolute Gasteiger partial charge is 0.333 e. The molecule has 0 unspecified atom stereocenters. The van der Waals surface area contributed by atoms with Gasteiger partial charge in [-0.25, -0.2) is 4.79 Å². The molecule has 0 radical (unpaired) electrons. The standard InChI is InChI=1S/C25H38ClN3O/c1-3-28(4-2)10-5-11-29(18-19-6-8-23(26)9-7-19)24(30)27-25-15-20-12-21(16-25)14-22(13-20)17-25/h6-9,20-22H,3-5,10-18H2,1-2H3,(H,27,30). The molecule has 4 saturated carbocycles. The quantitative estimate of drug-likeness (QED) is 0.556. The Labute approximate surface area is 187 Å². The van der Waals surface area contributed by atoms with Crippen molar-refractivity contribution in [1.29, 1.82) is 0 Å². The zero-order valence-corrected chi connectivity index (χ0v) is 19.5. The van der Waals surface area contributed by atoms with Gasteiger partial charge in [-0.15, -0.1) is 0 Å². The molecule has 0 atom stereocenters. The first-order valence-corrected chi connectivity index (χ1v) is 12.4. The molecule has 2 amide bonds. The van der Waals surface area contributed by atoms with E-state index in [1.807, 2.05) is 29.2 Å². The van der Waals surface area contributed by atoms with Crippen molar-refractivity contribution in [1.82, 2.24) is 15.1 Å². The van der Waals surface area contributed by atoms with Crippen molar-refractivity contribution in [2.45, 2.75) is 70.9 Å². The Morgan fingerprint density at radius 1 is 1.00 bits per heavy atom. The third-order valence-corrected chi connectivity index (χ3v) is 8.03. The SMILES string of the molecule is CCN(CC)CCCN(Cc1ccc(Cl)cc1)C(=O)NC12CC3CC(CC(C3)C1)C2. The number of halogens is 1. The number of hydrogen-bond acceptors (Lipinski definition) is 2. The van der Waals surface area contributed by atoms with Crippen LogP contribution in [0.1, 0.15) is 64.4 Å². The number of hydrogen-bond donors (Lipinski definition) is 1. The molecule has 4 aliphatic rings. The molecule has 4 bridgehead atoms. The third-order valence-electron chi connectivity index (χ3n) is 7.78. The van der Waals surface area contributed by atoms with Crippen LogP contribution in [0.25, 0.3) is 0 Å². The average Bonchev–Trinajstić information content (AvgIpc) is 2.70. The molecule has 0 saturated heterocycles. The first-order valence-electron chi connectivity index (χ1n) is 12.0. The Morgan fingerprint density at radius 3 is 2.10 bits per heavy atom. The summed E-state index contributed by atoms with van der Waals surface area (Å²) in [6, 6.07) is 8.05. The minimum atomic E-state index is 0.0585. The molecule has 4 nitrogen and oxygen atoms in total. The molecule has 0 aliphatic heterocycles. The number of urea groups is 1. The van der Waals surface area contributed by atoms with Crippen molar-refractivity contribution < 1.29 is 4.79 Å². The van der Waals surface area contributed by atoms with Crippen LogP contribution >= 0.6 is 11.6 Å². The summed E-state index contributed by atoms with van der Waals surface area (Å²) in [7, 11) is 0. The Morgan fingerprint density at radius 2 is 1.57 bits per heavy atom. The zero-order chi connectivity index (χ0) is 21.1. The van der Waals surface area contributed by atoms with Crippen molar-refractivity contribution in [3.63, 3.8) is 0 Å². The molecule has 5 heteroatoms. The van der Waals surface area contributed by atoms with E-state index in [1.165, 1.54) is 38.5 Å². The molecule has 4 aliphatic carbocycles. The van der Waals surface area contributed by atoms with Gasteiger partial charge in [-0.05, 0) is 100 Å². The fourth-order valence-electron chi connectivity index (χ4n) is 6.66. The maximum Gasteiger partial charge on any atom is 0.318 e. The predicted octanol–water partition coefficient (Wildman–Crippen LogP) is 5.55. The Balaban J connectivity index is 1.42. The van der Waals surface area contributed by atoms with E-state index in [4.69, 9.17) is 11.6 Å². The highest BCUT2D eigenvalue weighted by atomic mass is 35.5. The molecular weight excluding hydrogens is 394 g/mol. The fourth-order valence-corrected chi connectivity index (χ4v) is 6.78. The topological polar surface area (TPSA) is 35.6 Å². The molecule has 1 aromatic carbocycles. The van der Waals surface area contributed by atoms with Gasteiger partial charge in [0.05, 0.1) is 0 Å². The van der Waals surface area contributed by atoms with Crippen LogP contribution in [0.3, 0.4) is 0 Å². The maximum absolute atomic E-state index is 13.5. The van der Waals surface area contributed by atoms with Gasteiger partial charge in [0, 0.05) is 23.7 Å². The van der Waals surface area contributed by atoms with E-state index in [0.717, 1.165) is 60.9 Å². The maximum atomic E-state index is 13.5. The van der Waals surface area contributed by atoms with Gasteiger partial charge in [0.25, 0.3) is 0 Å². The molecule has 1 N–H and O–H groups in total. The van der Waals surface area contributed by atoms with Crippen LogP contribution in [0.15, 0.2) is 24.3 Å². The van der Waals surface area contributed by atoms with Crippen molar-refractivity contribution >= 4 is 17.6 Å². The molecule has 1 aromatic rings. The second-order valence-corrected chi connectivity index (χ2v) is 10.5. The van der Waals surface area contributed by atoms with E-state index in [9.17, 15) is 4.79 Å². The van der Waals surface area contributed by atoms with Gasteiger partial charge < -0.3 is 15.1 Å². The molecule has 0 heterocycles. The van der Waals surface area contributed by atoms with Gasteiger partial charge in [0.15, 0.2) is 0 Å². The summed E-state index contributed by atoms with van der Waals surface area (Å²) in [5.74, 6) is 2.51. The van der Waals surface area contributed by atoms with Crippen molar-refractivity contribution in [2.75, 3.05) is 26.2 Å². The molecule has 4 fully saturated rings. The summed E-state index contributed by atoms with van der Waals surface area (Å²) >= 11 is 6.07. The monoisotopic (exact) mass is 431 g/mol. The Kier molecular flexibility index (Phi) is 6.94. The molecule has 166 valence electrons. The van der Waals surface area contributed by atoms with Crippen molar-refractivity contribution in [3.05, 3.63) is 34.9 Å². The van der Waals surface area contributed by atoms with Gasteiger partial charge in [0.2, 0.25) is 0 Å². The molecular formula is C25H38ClN3O. The van der Waals surface area contributed by atoms with E-state index < -0.39 is 0 Å². The number of rotatable bonds is 9. The highest BCUT2D eigenvalue weighted by Gasteiger charge is 2.51. The summed E-state index contributed by atoms with van der Waals surface area (Å²) in [4.78, 5) is 18.0. The molecule has 0 aromatic heterocycles. The average molecular weight is 432 g/mol. The van der Waals surface area contributed by atoms with E-state index in [1.54, 1.807) is 0 Å². The van der Waals surface area contributed by atoms with Gasteiger partial charge in [-0.1, -0.05) is 37.6 Å². The lowest BCUT2D eigenvalue weighted by Gasteiger charge is -2.57. The Hall–Kier alpha value is -1.26. The molecule has 30 heavy (non-hydrogen) atoms. The molecule has 5 rings (SSSR count). The highest BCUT2D eigenvalue weighted by molar-refractivity contribution is 6.30. The van der Waals surface area contributed by atoms with Crippen LogP contribution < -0.4 is 5.32 Å².